The molecule has 0 saturated heterocycles. The molecule has 0 aliphatic carbocycles. The highest BCUT2D eigenvalue weighted by Crippen LogP contribution is 2.32. The van der Waals surface area contributed by atoms with Gasteiger partial charge in [-0.25, -0.2) is 4.98 Å². The average Bonchev–Trinajstić information content (AvgIpc) is 3.25. The van der Waals surface area contributed by atoms with E-state index in [0.717, 1.165) is 16.7 Å². The Morgan fingerprint density at radius 3 is 2.64 bits per heavy atom. The average molecular weight is 472 g/mol. The van der Waals surface area contributed by atoms with Gasteiger partial charge >= 0.3 is 0 Å². The van der Waals surface area contributed by atoms with Crippen LogP contribution in [0.1, 0.15) is 17.0 Å². The van der Waals surface area contributed by atoms with Gasteiger partial charge in [0.2, 0.25) is 0 Å². The summed E-state index contributed by atoms with van der Waals surface area (Å²) in [4.78, 5) is 31.6. The van der Waals surface area contributed by atoms with Crippen LogP contribution in [-0.2, 0) is 11.3 Å². The van der Waals surface area contributed by atoms with Crippen LogP contribution >= 0.6 is 23.1 Å². The Bertz CT molecular complexity index is 1410. The van der Waals surface area contributed by atoms with E-state index in [1.807, 2.05) is 42.6 Å². The number of thiophene rings is 1. The Hall–Kier alpha value is -3.47. The van der Waals surface area contributed by atoms with E-state index in [4.69, 9.17) is 4.98 Å². The molecule has 0 amide bonds. The summed E-state index contributed by atoms with van der Waals surface area (Å²) in [7, 11) is 0. The van der Waals surface area contributed by atoms with Crippen LogP contribution in [0.3, 0.4) is 0 Å². The first-order valence-corrected chi connectivity index (χ1v) is 12.2. The molecule has 0 radical (unpaired) electrons. The van der Waals surface area contributed by atoms with E-state index in [-0.39, 0.29) is 23.6 Å². The Labute approximate surface area is 200 Å². The van der Waals surface area contributed by atoms with Crippen molar-refractivity contribution in [2.45, 2.75) is 24.5 Å². The molecule has 4 aromatic rings. The normalized spacial score (nSPS) is 11.8. The molecular formula is C26H21N3O2S2. The number of hydrogen-bond acceptors (Lipinski definition) is 6. The van der Waals surface area contributed by atoms with Gasteiger partial charge in [0.15, 0.2) is 10.9 Å². The van der Waals surface area contributed by atoms with E-state index < -0.39 is 5.92 Å². The predicted molar refractivity (Wildman–Crippen MR) is 135 cm³/mol. The molecule has 0 N–H and O–H groups in total. The van der Waals surface area contributed by atoms with E-state index in [1.54, 1.807) is 34.9 Å². The van der Waals surface area contributed by atoms with E-state index >= 15 is 0 Å². The summed E-state index contributed by atoms with van der Waals surface area (Å²) in [6.07, 6.45) is 1.64. The molecule has 0 saturated carbocycles. The fraction of sp³-hybridized carbons (Fsp3) is 0.154. The number of allylic oxidation sites excluding steroid dienone is 1. The van der Waals surface area contributed by atoms with Crippen molar-refractivity contribution in [3.63, 3.8) is 0 Å². The van der Waals surface area contributed by atoms with Crippen molar-refractivity contribution in [1.29, 1.82) is 5.26 Å². The van der Waals surface area contributed by atoms with Crippen LogP contribution in [0.2, 0.25) is 0 Å². The first-order valence-electron chi connectivity index (χ1n) is 10.3. The van der Waals surface area contributed by atoms with Crippen LogP contribution in [0.5, 0.6) is 0 Å². The maximum absolute atomic E-state index is 13.4. The Balaban J connectivity index is 1.68. The Morgan fingerprint density at radius 2 is 1.97 bits per heavy atom. The SMILES string of the molecule is C=CCn1c(SCC(=O)C(C#N)c2ccccc2)nc2scc(-c3ccc(C)cc3)c2c1=O. The number of nitrogens with zero attached hydrogens (tertiary/aromatic N) is 3. The third kappa shape index (κ3) is 4.68. The van der Waals surface area contributed by atoms with Gasteiger partial charge < -0.3 is 0 Å². The van der Waals surface area contributed by atoms with E-state index in [2.05, 4.69) is 12.6 Å². The number of fused-ring (bicyclic) bond motifs is 1. The standard InChI is InChI=1S/C26H21N3O2S2/c1-3-13-29-25(31)23-21(19-11-9-17(2)10-12-19)15-32-24(23)28-26(29)33-16-22(30)20(14-27)18-7-5-4-6-8-18/h3-12,15,20H,1,13,16H2,2H3. The van der Waals surface area contributed by atoms with E-state index in [0.29, 0.717) is 20.9 Å². The van der Waals surface area contributed by atoms with Crippen LogP contribution in [0.15, 0.2) is 82.6 Å². The van der Waals surface area contributed by atoms with Gasteiger partial charge in [-0.2, -0.15) is 5.26 Å². The lowest BCUT2D eigenvalue weighted by atomic mass is 9.97. The quantitative estimate of drug-likeness (QED) is 0.190. The fourth-order valence-corrected chi connectivity index (χ4v) is 5.45. The highest BCUT2D eigenvalue weighted by atomic mass is 32.2. The monoisotopic (exact) mass is 471 g/mol. The number of nitriles is 1. The number of Topliss-reactive ketones (excluding diaryl/α,β-unsaturated/α-hetero) is 1. The van der Waals surface area contributed by atoms with Gasteiger partial charge in [-0.3, -0.25) is 14.2 Å². The highest BCUT2D eigenvalue weighted by Gasteiger charge is 2.22. The van der Waals surface area contributed by atoms with Crippen molar-refractivity contribution in [3.05, 3.63) is 94.1 Å². The summed E-state index contributed by atoms with van der Waals surface area (Å²) < 4.78 is 1.54. The number of carbonyl (C=O) groups excluding carboxylic acids is 1. The molecule has 33 heavy (non-hydrogen) atoms. The van der Waals surface area contributed by atoms with Gasteiger partial charge in [0.25, 0.3) is 5.56 Å². The van der Waals surface area contributed by atoms with Crippen LogP contribution in [0, 0.1) is 18.3 Å². The number of thioether (sulfide) groups is 1. The largest absolute Gasteiger partial charge is 0.297 e. The summed E-state index contributed by atoms with van der Waals surface area (Å²) in [5, 5.41) is 12.5. The smallest absolute Gasteiger partial charge is 0.263 e. The molecule has 4 rings (SSSR count). The molecule has 0 aliphatic rings. The first kappa shape index (κ1) is 22.7. The minimum atomic E-state index is -0.850. The third-order valence-electron chi connectivity index (χ3n) is 5.26. The molecule has 0 bridgehead atoms. The van der Waals surface area contributed by atoms with Crippen molar-refractivity contribution in [1.82, 2.24) is 9.55 Å². The summed E-state index contributed by atoms with van der Waals surface area (Å²) in [6, 6.07) is 19.1. The summed E-state index contributed by atoms with van der Waals surface area (Å²) in [5.74, 6) is -1.03. The Morgan fingerprint density at radius 1 is 1.24 bits per heavy atom. The van der Waals surface area contributed by atoms with Crippen molar-refractivity contribution in [2.24, 2.45) is 0 Å². The summed E-state index contributed by atoms with van der Waals surface area (Å²) >= 11 is 2.59. The lowest BCUT2D eigenvalue weighted by Gasteiger charge is -2.12. The number of hydrogen-bond donors (Lipinski definition) is 0. The number of aryl methyl sites for hydroxylation is 1. The number of carbonyl (C=O) groups is 1. The topological polar surface area (TPSA) is 75.8 Å². The van der Waals surface area contributed by atoms with E-state index in [9.17, 15) is 14.9 Å². The van der Waals surface area contributed by atoms with E-state index in [1.165, 1.54) is 23.1 Å². The maximum Gasteiger partial charge on any atom is 0.263 e. The Kier molecular flexibility index (Phi) is 6.87. The van der Waals surface area contributed by atoms with Crippen molar-refractivity contribution in [2.75, 3.05) is 5.75 Å². The fourth-order valence-electron chi connectivity index (χ4n) is 3.55. The van der Waals surface area contributed by atoms with Gasteiger partial charge in [-0.1, -0.05) is 78.0 Å². The van der Waals surface area contributed by atoms with Crippen molar-refractivity contribution < 1.29 is 4.79 Å². The molecule has 164 valence electrons. The van der Waals surface area contributed by atoms with Gasteiger partial charge in [0, 0.05) is 17.5 Å². The lowest BCUT2D eigenvalue weighted by molar-refractivity contribution is -0.116. The van der Waals surface area contributed by atoms with Crippen LogP contribution in [-0.4, -0.2) is 21.1 Å². The van der Waals surface area contributed by atoms with Crippen molar-refractivity contribution >= 4 is 39.1 Å². The molecule has 1 atom stereocenters. The van der Waals surface area contributed by atoms with Gasteiger partial charge in [-0.15, -0.1) is 17.9 Å². The second kappa shape index (κ2) is 9.99. The minimum Gasteiger partial charge on any atom is -0.297 e. The maximum atomic E-state index is 13.4. The van der Waals surface area contributed by atoms with Crippen molar-refractivity contribution in [3.8, 4) is 17.2 Å². The second-order valence-electron chi connectivity index (χ2n) is 7.52. The zero-order valence-corrected chi connectivity index (χ0v) is 19.7. The zero-order valence-electron chi connectivity index (χ0n) is 18.0. The molecule has 0 spiro atoms. The predicted octanol–water partition coefficient (Wildman–Crippen LogP) is 5.59. The molecule has 2 heterocycles. The molecule has 0 aliphatic heterocycles. The van der Waals surface area contributed by atoms with Gasteiger partial charge in [0.05, 0.1) is 17.2 Å². The highest BCUT2D eigenvalue weighted by molar-refractivity contribution is 7.99. The van der Waals surface area contributed by atoms with Gasteiger partial charge in [0.1, 0.15) is 10.7 Å². The molecule has 1 unspecified atom stereocenters. The lowest BCUT2D eigenvalue weighted by Crippen LogP contribution is -2.23. The van der Waals surface area contributed by atoms with Crippen LogP contribution in [0.4, 0.5) is 0 Å². The second-order valence-corrected chi connectivity index (χ2v) is 9.32. The summed E-state index contributed by atoms with van der Waals surface area (Å²) in [6.45, 7) is 6.07. The molecule has 5 nitrogen and oxygen atoms in total. The molecule has 2 aromatic carbocycles. The third-order valence-corrected chi connectivity index (χ3v) is 7.13. The van der Waals surface area contributed by atoms with Crippen LogP contribution < -0.4 is 5.56 Å². The van der Waals surface area contributed by atoms with Crippen LogP contribution in [0.25, 0.3) is 21.3 Å². The molecular weight excluding hydrogens is 450 g/mol. The number of benzene rings is 2. The van der Waals surface area contributed by atoms with Gasteiger partial charge in [-0.05, 0) is 18.1 Å². The summed E-state index contributed by atoms with van der Waals surface area (Å²) in [5.41, 5.74) is 3.47. The molecule has 0 fully saturated rings. The minimum absolute atomic E-state index is 0.0401. The first-order chi connectivity index (χ1) is 16.0. The number of aromatic nitrogens is 2. The molecule has 7 heteroatoms. The number of ketones is 1. The zero-order chi connectivity index (χ0) is 23.4. The number of rotatable bonds is 8. The molecule has 2 aromatic heterocycles.